The van der Waals surface area contributed by atoms with Gasteiger partial charge in [-0.05, 0) is 15.9 Å². The maximum atomic E-state index is 4.39. The molecule has 0 saturated carbocycles. The van der Waals surface area contributed by atoms with Gasteiger partial charge < -0.3 is 9.88 Å². The molecule has 1 N–H and O–H groups in total. The molecule has 0 amide bonds. The Balaban J connectivity index is 2.50. The minimum absolute atomic E-state index is 0.936. The highest BCUT2D eigenvalue weighted by atomic mass is 79.9. The van der Waals surface area contributed by atoms with Gasteiger partial charge in [-0.1, -0.05) is 0 Å². The van der Waals surface area contributed by atoms with Crippen molar-refractivity contribution in [2.45, 2.75) is 13.0 Å². The molecule has 60 valence electrons. The molecule has 1 aromatic rings. The summed E-state index contributed by atoms with van der Waals surface area (Å²) in [6.07, 6.45) is 1.05. The van der Waals surface area contributed by atoms with E-state index in [0.717, 1.165) is 24.2 Å². The molecule has 0 atom stereocenters. The van der Waals surface area contributed by atoms with E-state index in [4.69, 9.17) is 0 Å². The first-order valence-corrected chi connectivity index (χ1v) is 4.49. The van der Waals surface area contributed by atoms with Crippen LogP contribution in [0.1, 0.15) is 11.4 Å². The normalized spacial score (nSPS) is 16.5. The van der Waals surface area contributed by atoms with Gasteiger partial charge in [0.25, 0.3) is 0 Å². The molecule has 2 heterocycles. The standard InChI is InChI=1S/C7H10BrN3/c1-11-6-4-9-3-2-5(6)10-7(11)8/h9H,2-4H2,1H3. The summed E-state index contributed by atoms with van der Waals surface area (Å²) < 4.78 is 3.02. The molecule has 0 saturated heterocycles. The van der Waals surface area contributed by atoms with E-state index in [2.05, 4.69) is 30.8 Å². The predicted octanol–water partition coefficient (Wildman–Crippen LogP) is 0.828. The van der Waals surface area contributed by atoms with Crippen LogP contribution in [0.4, 0.5) is 0 Å². The average molecular weight is 216 g/mol. The van der Waals surface area contributed by atoms with Crippen LogP contribution < -0.4 is 5.32 Å². The summed E-state index contributed by atoms with van der Waals surface area (Å²) >= 11 is 3.40. The highest BCUT2D eigenvalue weighted by molar-refractivity contribution is 9.10. The second-order valence-electron chi connectivity index (χ2n) is 2.76. The van der Waals surface area contributed by atoms with Crippen molar-refractivity contribution in [1.29, 1.82) is 0 Å². The van der Waals surface area contributed by atoms with Gasteiger partial charge in [0.1, 0.15) is 0 Å². The molecule has 0 spiro atoms. The summed E-state index contributed by atoms with van der Waals surface area (Å²) in [6, 6.07) is 0. The quantitative estimate of drug-likeness (QED) is 0.696. The van der Waals surface area contributed by atoms with Gasteiger partial charge in [-0.15, -0.1) is 0 Å². The van der Waals surface area contributed by atoms with Crippen LogP contribution in [0.25, 0.3) is 0 Å². The van der Waals surface area contributed by atoms with E-state index in [1.165, 1.54) is 11.4 Å². The van der Waals surface area contributed by atoms with Crippen molar-refractivity contribution in [2.75, 3.05) is 6.54 Å². The van der Waals surface area contributed by atoms with E-state index < -0.39 is 0 Å². The summed E-state index contributed by atoms with van der Waals surface area (Å²) in [4.78, 5) is 4.39. The Morgan fingerprint density at radius 3 is 3.18 bits per heavy atom. The van der Waals surface area contributed by atoms with Crippen LogP contribution in [-0.2, 0) is 20.0 Å². The second kappa shape index (κ2) is 2.60. The van der Waals surface area contributed by atoms with Crippen LogP contribution in [0.15, 0.2) is 4.73 Å². The Labute approximate surface area is 73.9 Å². The third-order valence-corrected chi connectivity index (χ3v) is 2.78. The van der Waals surface area contributed by atoms with E-state index in [9.17, 15) is 0 Å². The molecule has 0 aromatic carbocycles. The monoisotopic (exact) mass is 215 g/mol. The zero-order chi connectivity index (χ0) is 7.84. The van der Waals surface area contributed by atoms with Gasteiger partial charge in [0.05, 0.1) is 11.4 Å². The average Bonchev–Trinajstić information content (AvgIpc) is 2.30. The highest BCUT2D eigenvalue weighted by Crippen LogP contribution is 2.17. The fourth-order valence-electron chi connectivity index (χ4n) is 1.39. The van der Waals surface area contributed by atoms with E-state index in [-0.39, 0.29) is 0 Å². The van der Waals surface area contributed by atoms with Gasteiger partial charge in [0.15, 0.2) is 4.73 Å². The third kappa shape index (κ3) is 1.10. The fraction of sp³-hybridized carbons (Fsp3) is 0.571. The number of rotatable bonds is 0. The molecule has 2 rings (SSSR count). The number of nitrogens with zero attached hydrogens (tertiary/aromatic N) is 2. The topological polar surface area (TPSA) is 29.9 Å². The highest BCUT2D eigenvalue weighted by Gasteiger charge is 2.15. The maximum Gasteiger partial charge on any atom is 0.177 e. The minimum Gasteiger partial charge on any atom is -0.324 e. The number of hydrogen-bond acceptors (Lipinski definition) is 2. The Morgan fingerprint density at radius 2 is 2.45 bits per heavy atom. The zero-order valence-electron chi connectivity index (χ0n) is 6.39. The molecule has 0 fully saturated rings. The number of imidazole rings is 1. The van der Waals surface area contributed by atoms with E-state index >= 15 is 0 Å². The Morgan fingerprint density at radius 1 is 1.64 bits per heavy atom. The molecular weight excluding hydrogens is 206 g/mol. The summed E-state index contributed by atoms with van der Waals surface area (Å²) in [5, 5.41) is 3.31. The molecule has 0 bridgehead atoms. The summed E-state index contributed by atoms with van der Waals surface area (Å²) in [5.41, 5.74) is 2.54. The van der Waals surface area contributed by atoms with Crippen molar-refractivity contribution in [3.63, 3.8) is 0 Å². The first-order valence-electron chi connectivity index (χ1n) is 3.69. The van der Waals surface area contributed by atoms with Crippen LogP contribution in [0.3, 0.4) is 0 Å². The van der Waals surface area contributed by atoms with Crippen LogP contribution in [-0.4, -0.2) is 16.1 Å². The molecule has 11 heavy (non-hydrogen) atoms. The van der Waals surface area contributed by atoms with Crippen LogP contribution in [0, 0.1) is 0 Å². The van der Waals surface area contributed by atoms with Crippen molar-refractivity contribution in [1.82, 2.24) is 14.9 Å². The van der Waals surface area contributed by atoms with Gasteiger partial charge in [0, 0.05) is 26.6 Å². The van der Waals surface area contributed by atoms with E-state index in [1.54, 1.807) is 0 Å². The number of aromatic nitrogens is 2. The molecule has 1 aliphatic rings. The van der Waals surface area contributed by atoms with Gasteiger partial charge in [-0.25, -0.2) is 4.98 Å². The predicted molar refractivity (Wildman–Crippen MR) is 46.3 cm³/mol. The lowest BCUT2D eigenvalue weighted by molar-refractivity contribution is 0.605. The second-order valence-corrected chi connectivity index (χ2v) is 3.47. The van der Waals surface area contributed by atoms with Gasteiger partial charge in [-0.2, -0.15) is 0 Å². The number of halogens is 1. The molecule has 4 heteroatoms. The third-order valence-electron chi connectivity index (χ3n) is 2.07. The van der Waals surface area contributed by atoms with Crippen molar-refractivity contribution >= 4 is 15.9 Å². The smallest absolute Gasteiger partial charge is 0.177 e. The molecule has 0 unspecified atom stereocenters. The lowest BCUT2D eigenvalue weighted by Gasteiger charge is -2.12. The van der Waals surface area contributed by atoms with Crippen LogP contribution in [0.2, 0.25) is 0 Å². The first-order chi connectivity index (χ1) is 5.29. The minimum atomic E-state index is 0.936. The Bertz CT molecular complexity index is 279. The number of fused-ring (bicyclic) bond motifs is 1. The first kappa shape index (κ1) is 7.31. The van der Waals surface area contributed by atoms with Gasteiger partial charge in [-0.3, -0.25) is 0 Å². The summed E-state index contributed by atoms with van der Waals surface area (Å²) in [5.74, 6) is 0. The molecular formula is C7H10BrN3. The lowest BCUT2D eigenvalue weighted by Crippen LogP contribution is -2.24. The largest absolute Gasteiger partial charge is 0.324 e. The van der Waals surface area contributed by atoms with Crippen LogP contribution >= 0.6 is 15.9 Å². The van der Waals surface area contributed by atoms with Crippen molar-refractivity contribution in [3.8, 4) is 0 Å². The SMILES string of the molecule is Cn1c(Br)nc2c1CNCC2. The number of hydrogen-bond donors (Lipinski definition) is 1. The van der Waals surface area contributed by atoms with Crippen molar-refractivity contribution < 1.29 is 0 Å². The van der Waals surface area contributed by atoms with Crippen molar-refractivity contribution in [3.05, 3.63) is 16.1 Å². The van der Waals surface area contributed by atoms with Gasteiger partial charge in [0.2, 0.25) is 0 Å². The fourth-order valence-corrected chi connectivity index (χ4v) is 1.82. The molecule has 1 aromatic heterocycles. The summed E-state index contributed by atoms with van der Waals surface area (Å²) in [7, 11) is 2.03. The molecule has 0 aliphatic carbocycles. The van der Waals surface area contributed by atoms with Gasteiger partial charge >= 0.3 is 0 Å². The Hall–Kier alpha value is -0.350. The lowest BCUT2D eigenvalue weighted by atomic mass is 10.2. The van der Waals surface area contributed by atoms with Crippen LogP contribution in [0.5, 0.6) is 0 Å². The van der Waals surface area contributed by atoms with E-state index in [1.807, 2.05) is 7.05 Å². The zero-order valence-corrected chi connectivity index (χ0v) is 7.98. The molecule has 1 aliphatic heterocycles. The molecule has 0 radical (unpaired) electrons. The van der Waals surface area contributed by atoms with E-state index in [0.29, 0.717) is 0 Å². The summed E-state index contributed by atoms with van der Waals surface area (Å²) in [6.45, 7) is 2.00. The number of nitrogens with one attached hydrogen (secondary N) is 1. The van der Waals surface area contributed by atoms with Crippen molar-refractivity contribution in [2.24, 2.45) is 7.05 Å². The maximum absolute atomic E-state index is 4.39. The Kier molecular flexibility index (Phi) is 1.73. The molecule has 3 nitrogen and oxygen atoms in total.